The molecule has 1 heterocycles. The van der Waals surface area contributed by atoms with Crippen LogP contribution < -0.4 is 10.2 Å². The van der Waals surface area contributed by atoms with Crippen molar-refractivity contribution in [3.63, 3.8) is 0 Å². The van der Waals surface area contributed by atoms with Crippen molar-refractivity contribution >= 4 is 11.4 Å². The number of nitrogens with one attached hydrogen (secondary N) is 1. The summed E-state index contributed by atoms with van der Waals surface area (Å²) < 4.78 is 7.40. The monoisotopic (exact) mass is 289 g/mol. The van der Waals surface area contributed by atoms with E-state index in [1.807, 2.05) is 37.6 Å². The van der Waals surface area contributed by atoms with Crippen molar-refractivity contribution in [1.82, 2.24) is 4.68 Å². The lowest BCUT2D eigenvalue weighted by Gasteiger charge is -2.14. The van der Waals surface area contributed by atoms with Gasteiger partial charge in [0, 0.05) is 23.5 Å². The van der Waals surface area contributed by atoms with Crippen LogP contribution in [0.25, 0.3) is 0 Å². The Bertz CT molecular complexity index is 630. The lowest BCUT2D eigenvalue weighted by Crippen LogP contribution is -2.12. The summed E-state index contributed by atoms with van der Waals surface area (Å²) in [5.41, 5.74) is 6.06. The van der Waals surface area contributed by atoms with Gasteiger partial charge >= 0.3 is 5.69 Å². The van der Waals surface area contributed by atoms with E-state index < -0.39 is 4.92 Å². The molecule has 0 radical (unpaired) electrons. The maximum absolute atomic E-state index is 11.0. The summed E-state index contributed by atoms with van der Waals surface area (Å²) in [4.78, 5) is 10.6. The van der Waals surface area contributed by atoms with Crippen molar-refractivity contribution < 1.29 is 9.66 Å². The van der Waals surface area contributed by atoms with Gasteiger partial charge in [-0.2, -0.15) is 0 Å². The van der Waals surface area contributed by atoms with Gasteiger partial charge in [-0.05, 0) is 38.5 Å². The van der Waals surface area contributed by atoms with Crippen molar-refractivity contribution in [2.45, 2.75) is 27.2 Å². The molecular weight excluding hydrogens is 270 g/mol. The van der Waals surface area contributed by atoms with Crippen molar-refractivity contribution in [1.29, 1.82) is 0 Å². The molecule has 0 bridgehead atoms. The van der Waals surface area contributed by atoms with Crippen LogP contribution in [0.5, 0.6) is 5.75 Å². The minimum atomic E-state index is -0.430. The third-order valence-corrected chi connectivity index (χ3v) is 3.13. The Balaban J connectivity index is 2.30. The molecule has 1 aromatic carbocycles. The van der Waals surface area contributed by atoms with Gasteiger partial charge in [0.05, 0.1) is 17.2 Å². The highest BCUT2D eigenvalue weighted by atomic mass is 16.6. The van der Waals surface area contributed by atoms with Crippen LogP contribution in [0.15, 0.2) is 30.3 Å². The molecule has 0 fully saturated rings. The molecule has 2 rings (SSSR count). The summed E-state index contributed by atoms with van der Waals surface area (Å²) in [5.74, 6) is 0.286. The maximum Gasteiger partial charge on any atom is 0.311 e. The third-order valence-electron chi connectivity index (χ3n) is 3.13. The minimum Gasteiger partial charge on any atom is -0.487 e. The molecule has 0 aliphatic rings. The molecule has 112 valence electrons. The molecule has 0 saturated carbocycles. The molecule has 1 aromatic heterocycles. The molecule has 0 aliphatic heterocycles. The fourth-order valence-electron chi connectivity index (χ4n) is 2.04. The predicted molar refractivity (Wildman–Crippen MR) is 81.8 cm³/mol. The van der Waals surface area contributed by atoms with Gasteiger partial charge in [0.2, 0.25) is 0 Å². The lowest BCUT2D eigenvalue weighted by molar-refractivity contribution is -0.385. The highest BCUT2D eigenvalue weighted by Crippen LogP contribution is 2.30. The second-order valence-corrected chi connectivity index (χ2v) is 4.85. The summed E-state index contributed by atoms with van der Waals surface area (Å²) >= 11 is 0. The van der Waals surface area contributed by atoms with Gasteiger partial charge in [0.15, 0.2) is 5.75 Å². The normalized spacial score (nSPS) is 10.4. The fourth-order valence-corrected chi connectivity index (χ4v) is 2.04. The first-order valence-electron chi connectivity index (χ1n) is 6.86. The highest BCUT2D eigenvalue weighted by Gasteiger charge is 2.16. The second-order valence-electron chi connectivity index (χ2n) is 4.85. The standard InChI is InChI=1S/C15H19N3O3/c1-4-9-21-15-10-13(7-8-14(15)18(19)20)16-17-11(2)5-6-12(17)3/h5-8,10,16H,4,9H2,1-3H3. The first-order chi connectivity index (χ1) is 10.0. The van der Waals surface area contributed by atoms with E-state index in [-0.39, 0.29) is 11.4 Å². The zero-order valence-corrected chi connectivity index (χ0v) is 12.4. The summed E-state index contributed by atoms with van der Waals surface area (Å²) in [7, 11) is 0. The van der Waals surface area contributed by atoms with Gasteiger partial charge in [0.1, 0.15) is 0 Å². The number of aromatic nitrogens is 1. The van der Waals surface area contributed by atoms with E-state index in [0.29, 0.717) is 6.61 Å². The molecule has 0 amide bonds. The Labute approximate surface area is 123 Å². The summed E-state index contributed by atoms with van der Waals surface area (Å²) in [6, 6.07) is 8.80. The van der Waals surface area contributed by atoms with E-state index in [4.69, 9.17) is 4.74 Å². The van der Waals surface area contributed by atoms with Crippen molar-refractivity contribution in [2.75, 3.05) is 12.0 Å². The van der Waals surface area contributed by atoms with Gasteiger partial charge in [-0.15, -0.1) is 0 Å². The van der Waals surface area contributed by atoms with Crippen LogP contribution in [0.2, 0.25) is 0 Å². The summed E-state index contributed by atoms with van der Waals surface area (Å²) in [6.45, 7) is 6.38. The Hall–Kier alpha value is -2.50. The number of rotatable bonds is 6. The molecule has 0 spiro atoms. The first-order valence-corrected chi connectivity index (χ1v) is 6.86. The minimum absolute atomic E-state index is 0.0186. The zero-order valence-electron chi connectivity index (χ0n) is 12.4. The Morgan fingerprint density at radius 1 is 1.24 bits per heavy atom. The number of aryl methyl sites for hydroxylation is 2. The number of hydrogen-bond donors (Lipinski definition) is 1. The quantitative estimate of drug-likeness (QED) is 0.650. The van der Waals surface area contributed by atoms with Crippen molar-refractivity contribution in [3.05, 3.63) is 51.8 Å². The smallest absolute Gasteiger partial charge is 0.311 e. The SMILES string of the molecule is CCCOc1cc(Nn2c(C)ccc2C)ccc1[N+](=O)[O-]. The summed E-state index contributed by atoms with van der Waals surface area (Å²) in [5, 5.41) is 11.0. The van der Waals surface area contributed by atoms with Crippen LogP contribution in [0.4, 0.5) is 11.4 Å². The van der Waals surface area contributed by atoms with E-state index in [1.165, 1.54) is 6.07 Å². The van der Waals surface area contributed by atoms with Crippen LogP contribution >= 0.6 is 0 Å². The average molecular weight is 289 g/mol. The maximum atomic E-state index is 11.0. The lowest BCUT2D eigenvalue weighted by atomic mass is 10.2. The number of anilines is 1. The molecule has 0 unspecified atom stereocenters. The molecule has 0 aliphatic carbocycles. The highest BCUT2D eigenvalue weighted by molar-refractivity contribution is 5.58. The van der Waals surface area contributed by atoms with Crippen LogP contribution in [0.3, 0.4) is 0 Å². The van der Waals surface area contributed by atoms with Gasteiger partial charge in [0.25, 0.3) is 0 Å². The predicted octanol–water partition coefficient (Wildman–Crippen LogP) is 3.68. The van der Waals surface area contributed by atoms with E-state index in [2.05, 4.69) is 5.43 Å². The number of hydrogen-bond acceptors (Lipinski definition) is 4. The molecule has 6 heteroatoms. The molecule has 0 saturated heterocycles. The van der Waals surface area contributed by atoms with Gasteiger partial charge in [-0.1, -0.05) is 6.92 Å². The Morgan fingerprint density at radius 2 is 1.90 bits per heavy atom. The van der Waals surface area contributed by atoms with E-state index in [1.54, 1.807) is 12.1 Å². The zero-order chi connectivity index (χ0) is 15.4. The largest absolute Gasteiger partial charge is 0.487 e. The third kappa shape index (κ3) is 3.34. The molecule has 0 atom stereocenters. The van der Waals surface area contributed by atoms with E-state index >= 15 is 0 Å². The molecular formula is C15H19N3O3. The van der Waals surface area contributed by atoms with Crippen LogP contribution in [-0.2, 0) is 0 Å². The van der Waals surface area contributed by atoms with Gasteiger partial charge in [-0.25, -0.2) is 0 Å². The van der Waals surface area contributed by atoms with Gasteiger partial charge < -0.3 is 4.74 Å². The first kappa shape index (κ1) is 14.9. The van der Waals surface area contributed by atoms with Crippen molar-refractivity contribution in [3.8, 4) is 5.75 Å². The van der Waals surface area contributed by atoms with Crippen molar-refractivity contribution in [2.24, 2.45) is 0 Å². The summed E-state index contributed by atoms with van der Waals surface area (Å²) in [6.07, 6.45) is 0.796. The molecule has 2 aromatic rings. The Kier molecular flexibility index (Phi) is 4.47. The molecule has 21 heavy (non-hydrogen) atoms. The molecule has 6 nitrogen and oxygen atoms in total. The number of nitro benzene ring substituents is 1. The molecule has 1 N–H and O–H groups in total. The fraction of sp³-hybridized carbons (Fsp3) is 0.333. The number of nitro groups is 1. The van der Waals surface area contributed by atoms with Crippen LogP contribution in [0.1, 0.15) is 24.7 Å². The topological polar surface area (TPSA) is 69.3 Å². The van der Waals surface area contributed by atoms with Crippen LogP contribution in [-0.4, -0.2) is 16.2 Å². The van der Waals surface area contributed by atoms with E-state index in [9.17, 15) is 10.1 Å². The van der Waals surface area contributed by atoms with Gasteiger partial charge in [-0.3, -0.25) is 20.2 Å². The second kappa shape index (κ2) is 6.30. The number of ether oxygens (including phenoxy) is 1. The number of benzene rings is 1. The van der Waals surface area contributed by atoms with E-state index in [0.717, 1.165) is 23.5 Å². The Morgan fingerprint density at radius 3 is 2.48 bits per heavy atom. The average Bonchev–Trinajstić information content (AvgIpc) is 2.77. The van der Waals surface area contributed by atoms with Crippen LogP contribution in [0, 0.1) is 24.0 Å². The number of nitrogens with zero attached hydrogens (tertiary/aromatic N) is 2.